The molecule has 13 heavy (non-hydrogen) atoms. The van der Waals surface area contributed by atoms with E-state index >= 15 is 0 Å². The molecule has 3 nitrogen and oxygen atoms in total. The van der Waals surface area contributed by atoms with Gasteiger partial charge in [0.25, 0.3) is 0 Å². The summed E-state index contributed by atoms with van der Waals surface area (Å²) in [4.78, 5) is 9.60. The molecule has 0 amide bonds. The predicted molar refractivity (Wildman–Crippen MR) is 46.7 cm³/mol. The number of benzene rings is 1. The van der Waals surface area contributed by atoms with Crippen molar-refractivity contribution in [1.29, 1.82) is 0 Å². The summed E-state index contributed by atoms with van der Waals surface area (Å²) in [5.41, 5.74) is 2.38. The van der Waals surface area contributed by atoms with Gasteiger partial charge in [0.05, 0.1) is 6.61 Å². The van der Waals surface area contributed by atoms with E-state index in [2.05, 4.69) is 41.1 Å². The van der Waals surface area contributed by atoms with Crippen LogP contribution in [0.3, 0.4) is 0 Å². The first kappa shape index (κ1) is 8.69. The Bertz CT molecular complexity index is 262. The molecule has 0 radical (unpaired) electrons. The van der Waals surface area contributed by atoms with Crippen LogP contribution in [0.15, 0.2) is 24.3 Å². The summed E-state index contributed by atoms with van der Waals surface area (Å²) < 4.78 is 0. The van der Waals surface area contributed by atoms with Crippen molar-refractivity contribution in [2.24, 2.45) is 0 Å². The van der Waals surface area contributed by atoms with E-state index in [1.54, 1.807) is 0 Å². The third-order valence-corrected chi connectivity index (χ3v) is 2.12. The Kier molecular flexibility index (Phi) is 2.59. The number of hydrogen-bond acceptors (Lipinski definition) is 3. The number of aryl methyl sites for hydroxylation is 1. The summed E-state index contributed by atoms with van der Waals surface area (Å²) in [6.45, 7) is 2.64. The van der Waals surface area contributed by atoms with Crippen LogP contribution in [0, 0.1) is 6.92 Å². The molecule has 1 atom stereocenters. The summed E-state index contributed by atoms with van der Waals surface area (Å²) in [5.74, 6) is 0. The molecule has 1 unspecified atom stereocenters. The van der Waals surface area contributed by atoms with E-state index in [1.165, 1.54) is 5.56 Å². The summed E-state index contributed by atoms with van der Waals surface area (Å²) in [6, 6.07) is 8.23. The van der Waals surface area contributed by atoms with Crippen molar-refractivity contribution in [2.75, 3.05) is 6.61 Å². The van der Waals surface area contributed by atoms with Crippen LogP contribution in [0.25, 0.3) is 0 Å². The van der Waals surface area contributed by atoms with Crippen LogP contribution in [0.4, 0.5) is 0 Å². The van der Waals surface area contributed by atoms with Crippen molar-refractivity contribution in [3.8, 4) is 0 Å². The molecule has 0 spiro atoms. The Morgan fingerprint density at radius 1 is 1.23 bits per heavy atom. The van der Waals surface area contributed by atoms with Gasteiger partial charge in [0.2, 0.25) is 0 Å². The van der Waals surface area contributed by atoms with Gasteiger partial charge >= 0.3 is 0 Å². The van der Waals surface area contributed by atoms with Crippen molar-refractivity contribution >= 4 is 0 Å². The lowest BCUT2D eigenvalue weighted by Gasteiger charge is -2.20. The zero-order chi connectivity index (χ0) is 9.10. The predicted octanol–water partition coefficient (Wildman–Crippen LogP) is 2.32. The zero-order valence-electron chi connectivity index (χ0n) is 7.53. The highest BCUT2D eigenvalue weighted by Crippen LogP contribution is 2.24. The highest BCUT2D eigenvalue weighted by Gasteiger charge is 2.17. The van der Waals surface area contributed by atoms with E-state index in [1.807, 2.05) is 0 Å². The normalized spacial score (nSPS) is 23.0. The molecule has 0 aliphatic carbocycles. The quantitative estimate of drug-likeness (QED) is 0.621. The molecule has 1 fully saturated rings. The fraction of sp³-hybridized carbons (Fsp3) is 0.400. The minimum Gasteiger partial charge on any atom is -0.206 e. The molecule has 0 N–H and O–H groups in total. The van der Waals surface area contributed by atoms with Gasteiger partial charge in [-0.2, -0.15) is 4.89 Å². The molecular formula is C10H12O3. The van der Waals surface area contributed by atoms with Crippen LogP contribution in [-0.2, 0) is 14.8 Å². The van der Waals surface area contributed by atoms with E-state index in [4.69, 9.17) is 4.89 Å². The molecule has 1 saturated heterocycles. The first-order chi connectivity index (χ1) is 6.36. The summed E-state index contributed by atoms with van der Waals surface area (Å²) in [6.07, 6.45) is 0.845. The SMILES string of the molecule is Cc1ccc(C2CCOOO2)cc1. The molecule has 0 saturated carbocycles. The minimum atomic E-state index is 0.00866. The Morgan fingerprint density at radius 3 is 2.62 bits per heavy atom. The molecule has 0 aromatic heterocycles. The Morgan fingerprint density at radius 2 is 2.00 bits per heavy atom. The second kappa shape index (κ2) is 3.87. The summed E-state index contributed by atoms with van der Waals surface area (Å²) >= 11 is 0. The van der Waals surface area contributed by atoms with E-state index < -0.39 is 0 Å². The average molecular weight is 180 g/mol. The van der Waals surface area contributed by atoms with Crippen LogP contribution < -0.4 is 0 Å². The maximum absolute atomic E-state index is 4.98. The molecular weight excluding hydrogens is 168 g/mol. The third kappa shape index (κ3) is 2.06. The fourth-order valence-electron chi connectivity index (χ4n) is 1.32. The first-order valence-electron chi connectivity index (χ1n) is 4.38. The lowest BCUT2D eigenvalue weighted by Crippen LogP contribution is -2.15. The van der Waals surface area contributed by atoms with Gasteiger partial charge < -0.3 is 0 Å². The molecule has 1 aromatic carbocycles. The van der Waals surface area contributed by atoms with Crippen LogP contribution in [0.2, 0.25) is 0 Å². The van der Waals surface area contributed by atoms with Crippen LogP contribution in [0.1, 0.15) is 23.7 Å². The fourth-order valence-corrected chi connectivity index (χ4v) is 1.32. The second-order valence-corrected chi connectivity index (χ2v) is 3.17. The molecule has 1 aliphatic rings. The molecule has 0 bridgehead atoms. The topological polar surface area (TPSA) is 27.7 Å². The molecule has 1 heterocycles. The Hall–Kier alpha value is -0.900. The monoisotopic (exact) mass is 180 g/mol. The standard InChI is InChI=1S/C10H12O3/c1-8-2-4-9(5-3-8)10-6-7-11-13-12-10/h2-5,10H,6-7H2,1H3. The summed E-state index contributed by atoms with van der Waals surface area (Å²) in [5, 5.41) is 4.47. The van der Waals surface area contributed by atoms with E-state index in [0.29, 0.717) is 6.61 Å². The van der Waals surface area contributed by atoms with Gasteiger partial charge in [-0.3, -0.25) is 0 Å². The average Bonchev–Trinajstić information content (AvgIpc) is 2.20. The first-order valence-corrected chi connectivity index (χ1v) is 4.38. The van der Waals surface area contributed by atoms with E-state index in [-0.39, 0.29) is 6.10 Å². The zero-order valence-corrected chi connectivity index (χ0v) is 7.53. The highest BCUT2D eigenvalue weighted by atomic mass is 17.5. The van der Waals surface area contributed by atoms with Gasteiger partial charge in [0.15, 0.2) is 0 Å². The molecule has 70 valence electrons. The van der Waals surface area contributed by atoms with E-state index in [0.717, 1.165) is 12.0 Å². The molecule has 1 aromatic rings. The number of hydrogen-bond donors (Lipinski definition) is 0. The van der Waals surface area contributed by atoms with Crippen LogP contribution in [-0.4, -0.2) is 6.61 Å². The lowest BCUT2D eigenvalue weighted by molar-refractivity contribution is -0.551. The molecule has 1 aliphatic heterocycles. The van der Waals surface area contributed by atoms with Crippen LogP contribution >= 0.6 is 0 Å². The van der Waals surface area contributed by atoms with Crippen molar-refractivity contribution in [3.63, 3.8) is 0 Å². The smallest absolute Gasteiger partial charge is 0.123 e. The summed E-state index contributed by atoms with van der Waals surface area (Å²) in [7, 11) is 0. The largest absolute Gasteiger partial charge is 0.206 e. The van der Waals surface area contributed by atoms with Crippen molar-refractivity contribution < 1.29 is 14.8 Å². The van der Waals surface area contributed by atoms with Gasteiger partial charge in [0, 0.05) is 6.42 Å². The maximum atomic E-state index is 4.98. The molecule has 2 rings (SSSR count). The van der Waals surface area contributed by atoms with Crippen molar-refractivity contribution in [1.82, 2.24) is 0 Å². The van der Waals surface area contributed by atoms with Crippen LogP contribution in [0.5, 0.6) is 0 Å². The van der Waals surface area contributed by atoms with Gasteiger partial charge in [-0.05, 0) is 12.5 Å². The third-order valence-electron chi connectivity index (χ3n) is 2.12. The maximum Gasteiger partial charge on any atom is 0.123 e. The Labute approximate surface area is 77.1 Å². The van der Waals surface area contributed by atoms with Gasteiger partial charge in [-0.1, -0.05) is 34.9 Å². The van der Waals surface area contributed by atoms with Crippen molar-refractivity contribution in [3.05, 3.63) is 35.4 Å². The van der Waals surface area contributed by atoms with Gasteiger partial charge in [-0.15, -0.1) is 0 Å². The van der Waals surface area contributed by atoms with E-state index in [9.17, 15) is 0 Å². The van der Waals surface area contributed by atoms with Gasteiger partial charge in [-0.25, -0.2) is 4.89 Å². The minimum absolute atomic E-state index is 0.00866. The second-order valence-electron chi connectivity index (χ2n) is 3.17. The highest BCUT2D eigenvalue weighted by molar-refractivity contribution is 5.23. The van der Waals surface area contributed by atoms with Gasteiger partial charge in [0.1, 0.15) is 6.10 Å². The van der Waals surface area contributed by atoms with Crippen molar-refractivity contribution in [2.45, 2.75) is 19.4 Å². The Balaban J connectivity index is 2.10. The number of rotatable bonds is 1. The molecule has 3 heteroatoms. The lowest BCUT2D eigenvalue weighted by atomic mass is 10.1.